The number of benzene rings is 2. The third-order valence-corrected chi connectivity index (χ3v) is 3.05. The second-order valence-electron chi connectivity index (χ2n) is 4.70. The molecule has 0 atom stereocenters. The molecular formula is C17H22N2O. The van der Waals surface area contributed by atoms with Gasteiger partial charge in [0, 0.05) is 19.6 Å². The summed E-state index contributed by atoms with van der Waals surface area (Å²) >= 11 is 0. The molecule has 0 spiro atoms. The van der Waals surface area contributed by atoms with E-state index in [1.54, 1.807) is 0 Å². The first-order valence-corrected chi connectivity index (χ1v) is 6.99. The van der Waals surface area contributed by atoms with Crippen molar-refractivity contribution in [2.75, 3.05) is 20.1 Å². The molecule has 0 saturated heterocycles. The van der Waals surface area contributed by atoms with Gasteiger partial charge in [-0.05, 0) is 30.3 Å². The fourth-order valence-electron chi connectivity index (χ4n) is 1.89. The van der Waals surface area contributed by atoms with Crippen molar-refractivity contribution in [2.24, 2.45) is 0 Å². The zero-order chi connectivity index (χ0) is 14.0. The van der Waals surface area contributed by atoms with Gasteiger partial charge in [-0.15, -0.1) is 0 Å². The molecular weight excluding hydrogens is 248 g/mol. The first kappa shape index (κ1) is 14.6. The van der Waals surface area contributed by atoms with Crippen LogP contribution in [0.3, 0.4) is 0 Å². The van der Waals surface area contributed by atoms with E-state index in [1.165, 1.54) is 11.1 Å². The van der Waals surface area contributed by atoms with Crippen molar-refractivity contribution in [1.29, 1.82) is 0 Å². The van der Waals surface area contributed by atoms with Gasteiger partial charge in [-0.2, -0.15) is 0 Å². The van der Waals surface area contributed by atoms with Crippen molar-refractivity contribution in [2.45, 2.75) is 13.2 Å². The smallest absolute Gasteiger partial charge is 0.119 e. The van der Waals surface area contributed by atoms with E-state index < -0.39 is 0 Å². The van der Waals surface area contributed by atoms with E-state index >= 15 is 0 Å². The van der Waals surface area contributed by atoms with Crippen LogP contribution < -0.4 is 15.4 Å². The summed E-state index contributed by atoms with van der Waals surface area (Å²) in [4.78, 5) is 0. The van der Waals surface area contributed by atoms with Gasteiger partial charge in [0.1, 0.15) is 12.4 Å². The predicted octanol–water partition coefficient (Wildman–Crippen LogP) is 2.57. The second kappa shape index (κ2) is 8.35. The summed E-state index contributed by atoms with van der Waals surface area (Å²) in [5.41, 5.74) is 2.46. The van der Waals surface area contributed by atoms with Crippen molar-refractivity contribution in [3.05, 3.63) is 65.7 Å². The van der Waals surface area contributed by atoms with E-state index in [1.807, 2.05) is 37.4 Å². The van der Waals surface area contributed by atoms with Gasteiger partial charge in [0.05, 0.1) is 0 Å². The molecule has 0 aromatic heterocycles. The van der Waals surface area contributed by atoms with Crippen LogP contribution in [0.1, 0.15) is 11.1 Å². The highest BCUT2D eigenvalue weighted by Gasteiger charge is 1.97. The molecule has 0 saturated carbocycles. The minimum atomic E-state index is 0.612. The molecule has 0 heterocycles. The lowest BCUT2D eigenvalue weighted by atomic mass is 10.2. The first-order chi connectivity index (χ1) is 9.88. The van der Waals surface area contributed by atoms with Crippen LogP contribution in [0.5, 0.6) is 5.75 Å². The highest BCUT2D eigenvalue weighted by atomic mass is 16.5. The lowest BCUT2D eigenvalue weighted by Crippen LogP contribution is -2.24. The molecule has 0 amide bonds. The minimum Gasteiger partial charge on any atom is -0.489 e. The molecule has 2 rings (SSSR count). The molecule has 0 aliphatic rings. The van der Waals surface area contributed by atoms with Gasteiger partial charge in [-0.1, -0.05) is 42.5 Å². The Hall–Kier alpha value is -1.84. The fraction of sp³-hybridized carbons (Fsp3) is 0.294. The maximum Gasteiger partial charge on any atom is 0.119 e. The molecule has 3 heteroatoms. The van der Waals surface area contributed by atoms with Gasteiger partial charge in [-0.3, -0.25) is 0 Å². The van der Waals surface area contributed by atoms with Crippen molar-refractivity contribution < 1.29 is 4.74 Å². The van der Waals surface area contributed by atoms with Crippen LogP contribution >= 0.6 is 0 Å². The van der Waals surface area contributed by atoms with Crippen LogP contribution in [-0.4, -0.2) is 20.1 Å². The largest absolute Gasteiger partial charge is 0.489 e. The molecule has 0 aliphatic heterocycles. The number of nitrogens with one attached hydrogen (secondary N) is 2. The first-order valence-electron chi connectivity index (χ1n) is 6.99. The molecule has 0 radical (unpaired) electrons. The monoisotopic (exact) mass is 270 g/mol. The maximum absolute atomic E-state index is 5.76. The van der Waals surface area contributed by atoms with E-state index in [0.29, 0.717) is 6.61 Å². The molecule has 0 fully saturated rings. The molecule has 3 nitrogen and oxygen atoms in total. The summed E-state index contributed by atoms with van der Waals surface area (Å²) in [6.45, 7) is 3.46. The lowest BCUT2D eigenvalue weighted by molar-refractivity contribution is 0.306. The van der Waals surface area contributed by atoms with E-state index in [2.05, 4.69) is 34.9 Å². The van der Waals surface area contributed by atoms with Crippen LogP contribution in [0, 0.1) is 0 Å². The summed E-state index contributed by atoms with van der Waals surface area (Å²) in [5, 5.41) is 6.49. The van der Waals surface area contributed by atoms with E-state index in [4.69, 9.17) is 4.74 Å². The van der Waals surface area contributed by atoms with Crippen LogP contribution in [0.4, 0.5) is 0 Å². The standard InChI is InChI=1S/C17H22N2O/c1-18-11-12-19-13-15-7-9-17(10-8-15)20-14-16-5-3-2-4-6-16/h2-10,18-19H,11-14H2,1H3. The summed E-state index contributed by atoms with van der Waals surface area (Å²) in [7, 11) is 1.96. The number of ether oxygens (including phenoxy) is 1. The van der Waals surface area contributed by atoms with Gasteiger partial charge in [0.25, 0.3) is 0 Å². The minimum absolute atomic E-state index is 0.612. The summed E-state index contributed by atoms with van der Waals surface area (Å²) in [6.07, 6.45) is 0. The molecule has 2 aromatic rings. The maximum atomic E-state index is 5.76. The van der Waals surface area contributed by atoms with Crippen LogP contribution in [0.25, 0.3) is 0 Å². The van der Waals surface area contributed by atoms with Gasteiger partial charge in [0.15, 0.2) is 0 Å². The summed E-state index contributed by atoms with van der Waals surface area (Å²) in [5.74, 6) is 0.910. The average molecular weight is 270 g/mol. The van der Waals surface area contributed by atoms with E-state index in [0.717, 1.165) is 25.4 Å². The number of hydrogen-bond donors (Lipinski definition) is 2. The summed E-state index contributed by atoms with van der Waals surface area (Å²) < 4.78 is 5.76. The third kappa shape index (κ3) is 5.03. The van der Waals surface area contributed by atoms with E-state index in [9.17, 15) is 0 Å². The number of hydrogen-bond acceptors (Lipinski definition) is 3. The Morgan fingerprint density at radius 2 is 1.60 bits per heavy atom. The van der Waals surface area contributed by atoms with Crippen LogP contribution in [0.15, 0.2) is 54.6 Å². The van der Waals surface area contributed by atoms with Gasteiger partial charge < -0.3 is 15.4 Å². The van der Waals surface area contributed by atoms with Crippen molar-refractivity contribution in [3.8, 4) is 5.75 Å². The Morgan fingerprint density at radius 1 is 0.850 bits per heavy atom. The summed E-state index contributed by atoms with van der Waals surface area (Å²) in [6, 6.07) is 18.5. The predicted molar refractivity (Wildman–Crippen MR) is 82.8 cm³/mol. The van der Waals surface area contributed by atoms with E-state index in [-0.39, 0.29) is 0 Å². The van der Waals surface area contributed by atoms with Crippen LogP contribution in [-0.2, 0) is 13.2 Å². The molecule has 2 N–H and O–H groups in total. The number of likely N-dealkylation sites (N-methyl/N-ethyl adjacent to an activating group) is 1. The van der Waals surface area contributed by atoms with Crippen LogP contribution in [0.2, 0.25) is 0 Å². The van der Waals surface area contributed by atoms with Crippen molar-refractivity contribution in [1.82, 2.24) is 10.6 Å². The Balaban J connectivity index is 1.76. The Morgan fingerprint density at radius 3 is 2.30 bits per heavy atom. The Bertz CT molecular complexity index is 482. The molecule has 0 unspecified atom stereocenters. The Kier molecular flexibility index (Phi) is 6.08. The van der Waals surface area contributed by atoms with Gasteiger partial charge in [0.2, 0.25) is 0 Å². The Labute approximate surface area is 121 Å². The molecule has 106 valence electrons. The molecule has 0 aliphatic carbocycles. The second-order valence-corrected chi connectivity index (χ2v) is 4.70. The topological polar surface area (TPSA) is 33.3 Å². The highest BCUT2D eigenvalue weighted by Crippen LogP contribution is 2.14. The highest BCUT2D eigenvalue weighted by molar-refractivity contribution is 5.27. The zero-order valence-corrected chi connectivity index (χ0v) is 11.9. The fourth-order valence-corrected chi connectivity index (χ4v) is 1.89. The van der Waals surface area contributed by atoms with Gasteiger partial charge >= 0.3 is 0 Å². The quantitative estimate of drug-likeness (QED) is 0.723. The lowest BCUT2D eigenvalue weighted by Gasteiger charge is -2.08. The normalized spacial score (nSPS) is 10.4. The van der Waals surface area contributed by atoms with Crippen molar-refractivity contribution in [3.63, 3.8) is 0 Å². The number of rotatable bonds is 8. The van der Waals surface area contributed by atoms with Crippen molar-refractivity contribution >= 4 is 0 Å². The zero-order valence-electron chi connectivity index (χ0n) is 11.9. The SMILES string of the molecule is CNCCNCc1ccc(OCc2ccccc2)cc1. The molecule has 20 heavy (non-hydrogen) atoms. The molecule has 2 aromatic carbocycles. The van der Waals surface area contributed by atoms with Gasteiger partial charge in [-0.25, -0.2) is 0 Å². The molecule has 0 bridgehead atoms. The average Bonchev–Trinajstić information content (AvgIpc) is 2.52. The third-order valence-electron chi connectivity index (χ3n) is 3.05.